The summed E-state index contributed by atoms with van der Waals surface area (Å²) in [7, 11) is 0. The second kappa shape index (κ2) is 7.95. The molecule has 2 aliphatic rings. The minimum Gasteiger partial charge on any atom is -0.381 e. The van der Waals surface area contributed by atoms with E-state index in [2.05, 4.69) is 14.9 Å². The average molecular weight is 459 g/mol. The fraction of sp³-hybridized carbons (Fsp3) is 0.304. The summed E-state index contributed by atoms with van der Waals surface area (Å²) in [5.41, 5.74) is 8.14. The topological polar surface area (TPSA) is 55.0 Å². The van der Waals surface area contributed by atoms with Gasteiger partial charge in [0.1, 0.15) is 10.8 Å². The van der Waals surface area contributed by atoms with E-state index in [1.165, 1.54) is 23.9 Å². The minimum absolute atomic E-state index is 0.0674. The van der Waals surface area contributed by atoms with Crippen LogP contribution in [0.1, 0.15) is 24.0 Å². The van der Waals surface area contributed by atoms with Gasteiger partial charge in [0.15, 0.2) is 17.5 Å². The molecule has 1 aliphatic carbocycles. The molecule has 31 heavy (non-hydrogen) atoms. The highest BCUT2D eigenvalue weighted by Gasteiger charge is 2.40. The van der Waals surface area contributed by atoms with Crippen molar-refractivity contribution in [1.29, 1.82) is 0 Å². The van der Waals surface area contributed by atoms with E-state index in [-0.39, 0.29) is 5.41 Å². The van der Waals surface area contributed by atoms with Gasteiger partial charge >= 0.3 is 0 Å². The summed E-state index contributed by atoms with van der Waals surface area (Å²) < 4.78 is 27.2. The Hall–Kier alpha value is -2.38. The van der Waals surface area contributed by atoms with Crippen LogP contribution in [0.2, 0.25) is 5.02 Å². The highest BCUT2D eigenvalue weighted by Crippen LogP contribution is 2.45. The summed E-state index contributed by atoms with van der Waals surface area (Å²) in [6.45, 7) is 1.62. The first-order valence-corrected chi connectivity index (χ1v) is 11.4. The van der Waals surface area contributed by atoms with E-state index in [0.29, 0.717) is 15.9 Å². The summed E-state index contributed by atoms with van der Waals surface area (Å²) in [5, 5.41) is 1.28. The number of hydrogen-bond acceptors (Lipinski definition) is 5. The highest BCUT2D eigenvalue weighted by molar-refractivity contribution is 7.99. The number of rotatable bonds is 3. The molecular weight excluding hydrogens is 438 g/mol. The molecule has 0 amide bonds. The molecule has 1 fully saturated rings. The third-order valence-corrected chi connectivity index (χ3v) is 7.84. The van der Waals surface area contributed by atoms with Crippen LogP contribution in [0.25, 0.3) is 0 Å². The Kier molecular flexibility index (Phi) is 5.26. The maximum Gasteiger partial charge on any atom is 0.159 e. The first-order valence-electron chi connectivity index (χ1n) is 10.2. The second-order valence-corrected chi connectivity index (χ2v) is 9.76. The number of halogens is 3. The number of benzene rings is 2. The number of nitrogens with zero attached hydrogens (tertiary/aromatic N) is 3. The van der Waals surface area contributed by atoms with Gasteiger partial charge in [-0.05, 0) is 66.5 Å². The molecule has 0 unspecified atom stereocenters. The first-order chi connectivity index (χ1) is 14.9. The molecule has 2 aromatic carbocycles. The van der Waals surface area contributed by atoms with Gasteiger partial charge in [0.25, 0.3) is 0 Å². The van der Waals surface area contributed by atoms with Crippen molar-refractivity contribution in [2.24, 2.45) is 5.41 Å². The first kappa shape index (κ1) is 20.5. The van der Waals surface area contributed by atoms with Crippen molar-refractivity contribution in [3.8, 4) is 0 Å². The second-order valence-electron chi connectivity index (χ2n) is 8.33. The van der Waals surface area contributed by atoms with Crippen LogP contribution in [0.4, 0.5) is 20.4 Å². The fourth-order valence-electron chi connectivity index (χ4n) is 4.64. The van der Waals surface area contributed by atoms with Crippen LogP contribution in [0, 0.1) is 17.0 Å². The Bertz CT molecular complexity index is 1120. The van der Waals surface area contributed by atoms with Gasteiger partial charge in [0.05, 0.1) is 11.2 Å². The van der Waals surface area contributed by atoms with Crippen molar-refractivity contribution in [2.75, 3.05) is 23.7 Å². The molecule has 1 aliphatic heterocycles. The van der Waals surface area contributed by atoms with Gasteiger partial charge in [-0.25, -0.2) is 18.7 Å². The normalized spacial score (nSPS) is 17.2. The van der Waals surface area contributed by atoms with Gasteiger partial charge in [-0.3, -0.25) is 0 Å². The van der Waals surface area contributed by atoms with E-state index in [4.69, 9.17) is 17.3 Å². The van der Waals surface area contributed by atoms with E-state index < -0.39 is 11.6 Å². The SMILES string of the molecule is Nc1nc(N2CCC3(CC2)Cc2cc(F)c(F)cc2C3)cnc1Sc1ccccc1Cl. The van der Waals surface area contributed by atoms with Crippen LogP contribution < -0.4 is 10.6 Å². The number of nitrogens with two attached hydrogens (primary N) is 1. The van der Waals surface area contributed by atoms with Gasteiger partial charge in [-0.15, -0.1) is 0 Å². The van der Waals surface area contributed by atoms with E-state index in [1.54, 1.807) is 6.20 Å². The van der Waals surface area contributed by atoms with Gasteiger partial charge in [-0.1, -0.05) is 35.5 Å². The Balaban J connectivity index is 1.27. The molecule has 1 saturated heterocycles. The maximum atomic E-state index is 13.6. The lowest BCUT2D eigenvalue weighted by molar-refractivity contribution is 0.232. The van der Waals surface area contributed by atoms with Crippen LogP contribution in [-0.2, 0) is 12.8 Å². The van der Waals surface area contributed by atoms with Gasteiger partial charge < -0.3 is 10.6 Å². The Morgan fingerprint density at radius 1 is 1.03 bits per heavy atom. The Morgan fingerprint density at radius 2 is 1.68 bits per heavy atom. The molecule has 160 valence electrons. The monoisotopic (exact) mass is 458 g/mol. The molecule has 0 atom stereocenters. The predicted molar refractivity (Wildman–Crippen MR) is 120 cm³/mol. The molecule has 2 N–H and O–H groups in total. The Labute approximate surface area is 188 Å². The largest absolute Gasteiger partial charge is 0.381 e. The Morgan fingerprint density at radius 3 is 2.29 bits per heavy atom. The maximum absolute atomic E-state index is 13.6. The third-order valence-electron chi connectivity index (χ3n) is 6.32. The van der Waals surface area contributed by atoms with Crippen molar-refractivity contribution in [2.45, 2.75) is 35.6 Å². The molecule has 1 aromatic heterocycles. The molecule has 1 spiro atoms. The zero-order valence-electron chi connectivity index (χ0n) is 16.7. The van der Waals surface area contributed by atoms with Gasteiger partial charge in [-0.2, -0.15) is 0 Å². The molecule has 0 radical (unpaired) electrons. The highest BCUT2D eigenvalue weighted by atomic mass is 35.5. The van der Waals surface area contributed by atoms with E-state index in [0.717, 1.165) is 60.6 Å². The van der Waals surface area contributed by atoms with Crippen molar-refractivity contribution < 1.29 is 8.78 Å². The lowest BCUT2D eigenvalue weighted by atomic mass is 9.76. The zero-order chi connectivity index (χ0) is 21.6. The molecule has 0 saturated carbocycles. The van der Waals surface area contributed by atoms with E-state index >= 15 is 0 Å². The molecule has 5 rings (SSSR count). The standard InChI is InChI=1S/C23H21ClF2N4S/c24-16-3-1-2-4-19(16)31-22-21(27)29-20(13-28-22)30-7-5-23(6-8-30)11-14-9-17(25)18(26)10-15(14)12-23/h1-4,9-10,13H,5-8,11-12H2,(H2,27,29). The van der Waals surface area contributed by atoms with Crippen LogP contribution in [0.3, 0.4) is 0 Å². The molecule has 0 bridgehead atoms. The predicted octanol–water partition coefficient (Wildman–Crippen LogP) is 5.53. The number of aromatic nitrogens is 2. The number of fused-ring (bicyclic) bond motifs is 1. The van der Waals surface area contributed by atoms with E-state index in [9.17, 15) is 8.78 Å². The van der Waals surface area contributed by atoms with Crippen molar-refractivity contribution in [3.05, 3.63) is 70.4 Å². The van der Waals surface area contributed by atoms with Crippen LogP contribution in [-0.4, -0.2) is 23.1 Å². The third kappa shape index (κ3) is 3.96. The zero-order valence-corrected chi connectivity index (χ0v) is 18.3. The van der Waals surface area contributed by atoms with Crippen LogP contribution >= 0.6 is 23.4 Å². The summed E-state index contributed by atoms with van der Waals surface area (Å²) in [5.74, 6) is -0.382. The van der Waals surface area contributed by atoms with Crippen molar-refractivity contribution >= 4 is 35.0 Å². The quantitative estimate of drug-likeness (QED) is 0.559. The van der Waals surface area contributed by atoms with Gasteiger partial charge in [0.2, 0.25) is 0 Å². The molecular formula is C23H21ClF2N4S. The lowest BCUT2D eigenvalue weighted by Crippen LogP contribution is -2.41. The average Bonchev–Trinajstić information content (AvgIpc) is 3.08. The summed E-state index contributed by atoms with van der Waals surface area (Å²) in [6.07, 6.45) is 5.22. The number of piperidine rings is 1. The molecule has 3 aromatic rings. The van der Waals surface area contributed by atoms with Crippen LogP contribution in [0.5, 0.6) is 0 Å². The lowest BCUT2D eigenvalue weighted by Gasteiger charge is -2.39. The van der Waals surface area contributed by atoms with E-state index in [1.807, 2.05) is 24.3 Å². The van der Waals surface area contributed by atoms with Crippen LogP contribution in [0.15, 0.2) is 52.5 Å². The molecule has 4 nitrogen and oxygen atoms in total. The number of nitrogen functional groups attached to an aromatic ring is 1. The van der Waals surface area contributed by atoms with Gasteiger partial charge in [0, 0.05) is 18.0 Å². The molecule has 8 heteroatoms. The van der Waals surface area contributed by atoms with Crippen molar-refractivity contribution in [1.82, 2.24) is 9.97 Å². The van der Waals surface area contributed by atoms with Crippen molar-refractivity contribution in [3.63, 3.8) is 0 Å². The number of anilines is 2. The summed E-state index contributed by atoms with van der Waals surface area (Å²) in [4.78, 5) is 12.2. The summed E-state index contributed by atoms with van der Waals surface area (Å²) >= 11 is 7.63. The summed E-state index contributed by atoms with van der Waals surface area (Å²) in [6, 6.07) is 10.3. The fourth-order valence-corrected chi connectivity index (χ4v) is 5.67. The smallest absolute Gasteiger partial charge is 0.159 e. The molecule has 2 heterocycles. The minimum atomic E-state index is -0.756. The number of hydrogen-bond donors (Lipinski definition) is 1.